The quantitative estimate of drug-likeness (QED) is 0.752. The maximum Gasteiger partial charge on any atom is 0.172 e. The number of rotatable bonds is 2. The molecule has 0 spiro atoms. The molecule has 1 aromatic rings. The second-order valence-electron chi connectivity index (χ2n) is 4.75. The van der Waals surface area contributed by atoms with Gasteiger partial charge in [0.15, 0.2) is 9.84 Å². The van der Waals surface area contributed by atoms with E-state index in [0.717, 1.165) is 17.6 Å². The van der Waals surface area contributed by atoms with Crippen LogP contribution in [0.25, 0.3) is 5.57 Å². The summed E-state index contributed by atoms with van der Waals surface area (Å²) in [4.78, 5) is 0.635. The standard InChI is InChI=1S/C14H14O2S/c1-17(15,16)14-12-8-7-11(9-12)13(14)10-5-3-2-4-6-10/h2-8,11-12H,9H2,1H3. The van der Waals surface area contributed by atoms with E-state index in [2.05, 4.69) is 6.08 Å². The molecule has 0 saturated heterocycles. The zero-order valence-electron chi connectivity index (χ0n) is 9.63. The molecule has 2 atom stereocenters. The minimum absolute atomic E-state index is 0.102. The van der Waals surface area contributed by atoms with Crippen LogP contribution >= 0.6 is 0 Å². The van der Waals surface area contributed by atoms with Gasteiger partial charge in [-0.2, -0.15) is 0 Å². The third-order valence-electron chi connectivity index (χ3n) is 3.54. The van der Waals surface area contributed by atoms with Crippen molar-refractivity contribution in [2.45, 2.75) is 6.42 Å². The number of fused-ring (bicyclic) bond motifs is 2. The molecular weight excluding hydrogens is 232 g/mol. The molecule has 2 bridgehead atoms. The molecule has 0 N–H and O–H groups in total. The zero-order chi connectivity index (χ0) is 12.0. The Bertz CT molecular complexity index is 609. The average Bonchev–Trinajstić information content (AvgIpc) is 2.88. The number of sulfone groups is 1. The van der Waals surface area contributed by atoms with Crippen LogP contribution in [0.5, 0.6) is 0 Å². The van der Waals surface area contributed by atoms with Gasteiger partial charge < -0.3 is 0 Å². The molecule has 0 amide bonds. The van der Waals surface area contributed by atoms with Gasteiger partial charge in [0.25, 0.3) is 0 Å². The smallest absolute Gasteiger partial charge is 0.172 e. The molecule has 1 aromatic carbocycles. The summed E-state index contributed by atoms with van der Waals surface area (Å²) >= 11 is 0. The first-order valence-electron chi connectivity index (χ1n) is 5.75. The largest absolute Gasteiger partial charge is 0.224 e. The molecule has 2 nitrogen and oxygen atoms in total. The van der Waals surface area contributed by atoms with Gasteiger partial charge in [-0.05, 0) is 17.6 Å². The normalized spacial score (nSPS) is 26.9. The second kappa shape index (κ2) is 3.57. The molecule has 0 aromatic heterocycles. The monoisotopic (exact) mass is 246 g/mol. The Kier molecular flexibility index (Phi) is 2.26. The number of allylic oxidation sites excluding steroid dienone is 4. The Balaban J connectivity index is 2.22. The highest BCUT2D eigenvalue weighted by Crippen LogP contribution is 2.49. The molecule has 2 unspecified atom stereocenters. The highest BCUT2D eigenvalue weighted by molar-refractivity contribution is 7.94. The molecule has 0 fully saturated rings. The SMILES string of the molecule is CS(=O)(=O)C1=C(c2ccccc2)C2C=CC1C2. The van der Waals surface area contributed by atoms with Crippen LogP contribution in [0.3, 0.4) is 0 Å². The van der Waals surface area contributed by atoms with Gasteiger partial charge in [-0.1, -0.05) is 42.5 Å². The fourth-order valence-electron chi connectivity index (χ4n) is 2.94. The highest BCUT2D eigenvalue weighted by atomic mass is 32.2. The summed E-state index contributed by atoms with van der Waals surface area (Å²) in [5, 5.41) is 0. The van der Waals surface area contributed by atoms with Crippen LogP contribution in [-0.4, -0.2) is 14.7 Å². The molecule has 17 heavy (non-hydrogen) atoms. The van der Waals surface area contributed by atoms with Crippen molar-refractivity contribution in [2.24, 2.45) is 11.8 Å². The van der Waals surface area contributed by atoms with Crippen molar-refractivity contribution in [3.8, 4) is 0 Å². The van der Waals surface area contributed by atoms with Crippen molar-refractivity contribution in [1.29, 1.82) is 0 Å². The summed E-state index contributed by atoms with van der Waals surface area (Å²) in [6.45, 7) is 0. The summed E-state index contributed by atoms with van der Waals surface area (Å²) in [6.07, 6.45) is 6.42. The van der Waals surface area contributed by atoms with E-state index < -0.39 is 9.84 Å². The fourth-order valence-corrected chi connectivity index (χ4v) is 4.33. The van der Waals surface area contributed by atoms with Crippen LogP contribution in [0.4, 0.5) is 0 Å². The lowest BCUT2D eigenvalue weighted by molar-refractivity contribution is 0.602. The summed E-state index contributed by atoms with van der Waals surface area (Å²) in [5.74, 6) is 0.386. The Morgan fingerprint density at radius 3 is 2.35 bits per heavy atom. The molecule has 2 aliphatic carbocycles. The van der Waals surface area contributed by atoms with E-state index in [1.54, 1.807) is 0 Å². The van der Waals surface area contributed by atoms with Crippen molar-refractivity contribution in [1.82, 2.24) is 0 Å². The number of hydrogen-bond donors (Lipinski definition) is 0. The minimum Gasteiger partial charge on any atom is -0.224 e. The van der Waals surface area contributed by atoms with E-state index in [1.807, 2.05) is 36.4 Å². The summed E-state index contributed by atoms with van der Waals surface area (Å²) in [7, 11) is -3.10. The predicted molar refractivity (Wildman–Crippen MR) is 68.9 cm³/mol. The van der Waals surface area contributed by atoms with Crippen molar-refractivity contribution in [2.75, 3.05) is 6.26 Å². The Morgan fingerprint density at radius 2 is 1.71 bits per heavy atom. The molecular formula is C14H14O2S. The van der Waals surface area contributed by atoms with Crippen molar-refractivity contribution in [3.63, 3.8) is 0 Å². The van der Waals surface area contributed by atoms with Gasteiger partial charge in [-0.25, -0.2) is 8.42 Å². The maximum atomic E-state index is 11.9. The van der Waals surface area contributed by atoms with E-state index in [1.165, 1.54) is 6.26 Å². The van der Waals surface area contributed by atoms with Crippen LogP contribution in [0.2, 0.25) is 0 Å². The van der Waals surface area contributed by atoms with E-state index >= 15 is 0 Å². The topological polar surface area (TPSA) is 34.1 Å². The molecule has 2 aliphatic rings. The van der Waals surface area contributed by atoms with Gasteiger partial charge in [-0.3, -0.25) is 0 Å². The summed E-state index contributed by atoms with van der Waals surface area (Å²) in [5.41, 5.74) is 2.06. The maximum absolute atomic E-state index is 11.9. The number of benzene rings is 1. The van der Waals surface area contributed by atoms with E-state index in [0.29, 0.717) is 4.91 Å². The predicted octanol–water partition coefficient (Wildman–Crippen LogP) is 2.65. The lowest BCUT2D eigenvalue weighted by Crippen LogP contribution is -2.09. The van der Waals surface area contributed by atoms with Crippen LogP contribution in [0, 0.1) is 11.8 Å². The first kappa shape index (κ1) is 10.8. The number of hydrogen-bond acceptors (Lipinski definition) is 2. The molecule has 3 rings (SSSR count). The molecule has 88 valence electrons. The third kappa shape index (κ3) is 1.65. The Labute approximate surface area is 102 Å². The third-order valence-corrected chi connectivity index (χ3v) is 4.86. The van der Waals surface area contributed by atoms with Gasteiger partial charge in [0.2, 0.25) is 0 Å². The minimum atomic E-state index is -3.10. The van der Waals surface area contributed by atoms with Crippen LogP contribution in [0.1, 0.15) is 12.0 Å². The van der Waals surface area contributed by atoms with Crippen molar-refractivity contribution < 1.29 is 8.42 Å². The van der Waals surface area contributed by atoms with Crippen molar-refractivity contribution in [3.05, 3.63) is 53.0 Å². The van der Waals surface area contributed by atoms with E-state index in [-0.39, 0.29) is 11.8 Å². The Hall–Kier alpha value is -1.35. The molecule has 0 radical (unpaired) electrons. The van der Waals surface area contributed by atoms with Crippen LogP contribution in [0.15, 0.2) is 47.4 Å². The van der Waals surface area contributed by atoms with Crippen LogP contribution in [-0.2, 0) is 9.84 Å². The highest BCUT2D eigenvalue weighted by Gasteiger charge is 2.40. The zero-order valence-corrected chi connectivity index (χ0v) is 10.4. The van der Waals surface area contributed by atoms with Gasteiger partial charge in [0.1, 0.15) is 0 Å². The van der Waals surface area contributed by atoms with Crippen LogP contribution < -0.4 is 0 Å². The average molecular weight is 246 g/mol. The molecule has 0 heterocycles. The first-order valence-corrected chi connectivity index (χ1v) is 7.64. The first-order chi connectivity index (χ1) is 8.07. The van der Waals surface area contributed by atoms with E-state index in [9.17, 15) is 8.42 Å². The fraction of sp³-hybridized carbons (Fsp3) is 0.286. The lowest BCUT2D eigenvalue weighted by Gasteiger charge is -2.15. The second-order valence-corrected chi connectivity index (χ2v) is 6.73. The molecule has 0 aliphatic heterocycles. The molecule has 0 saturated carbocycles. The summed E-state index contributed by atoms with van der Waals surface area (Å²) < 4.78 is 23.8. The van der Waals surface area contributed by atoms with Crippen molar-refractivity contribution >= 4 is 15.4 Å². The molecule has 3 heteroatoms. The van der Waals surface area contributed by atoms with Gasteiger partial charge in [0, 0.05) is 18.1 Å². The summed E-state index contributed by atoms with van der Waals surface area (Å²) in [6, 6.07) is 9.85. The van der Waals surface area contributed by atoms with Gasteiger partial charge in [0.05, 0.1) is 4.91 Å². The lowest BCUT2D eigenvalue weighted by atomic mass is 9.95. The van der Waals surface area contributed by atoms with E-state index in [4.69, 9.17) is 0 Å². The van der Waals surface area contributed by atoms with Gasteiger partial charge in [-0.15, -0.1) is 0 Å². The Morgan fingerprint density at radius 1 is 1.06 bits per heavy atom. The van der Waals surface area contributed by atoms with Gasteiger partial charge >= 0.3 is 0 Å².